The molecule has 0 saturated carbocycles. The molecule has 27 heavy (non-hydrogen) atoms. The van der Waals surface area contributed by atoms with Crippen LogP contribution in [0.15, 0.2) is 24.3 Å². The molecule has 3 rings (SSSR count). The van der Waals surface area contributed by atoms with E-state index >= 15 is 0 Å². The maximum Gasteiger partial charge on any atom is 0.222 e. The van der Waals surface area contributed by atoms with Gasteiger partial charge in [0, 0.05) is 26.1 Å². The molecule has 0 aromatic heterocycles. The molecule has 1 aromatic rings. The average molecular weight is 373 g/mol. The van der Waals surface area contributed by atoms with Gasteiger partial charge >= 0.3 is 0 Å². The fourth-order valence-electron chi connectivity index (χ4n) is 4.44. The van der Waals surface area contributed by atoms with E-state index in [1.807, 2.05) is 18.2 Å². The molecule has 0 N–H and O–H groups in total. The van der Waals surface area contributed by atoms with E-state index in [2.05, 4.69) is 22.8 Å². The Morgan fingerprint density at radius 2 is 1.93 bits per heavy atom. The molecule has 1 amide bonds. The van der Waals surface area contributed by atoms with Gasteiger partial charge in [-0.05, 0) is 81.1 Å². The molecule has 4 heteroatoms. The van der Waals surface area contributed by atoms with E-state index in [1.54, 1.807) is 7.11 Å². The molecule has 1 atom stereocenters. The summed E-state index contributed by atoms with van der Waals surface area (Å²) < 4.78 is 5.28. The van der Waals surface area contributed by atoms with E-state index < -0.39 is 0 Å². The second-order valence-corrected chi connectivity index (χ2v) is 8.51. The number of likely N-dealkylation sites (tertiary alicyclic amines) is 2. The van der Waals surface area contributed by atoms with Crippen LogP contribution >= 0.6 is 0 Å². The lowest BCUT2D eigenvalue weighted by atomic mass is 9.95. The summed E-state index contributed by atoms with van der Waals surface area (Å²) in [6.07, 6.45) is 7.68. The number of amides is 1. The quantitative estimate of drug-likeness (QED) is 0.757. The van der Waals surface area contributed by atoms with Crippen LogP contribution in [0.3, 0.4) is 0 Å². The number of nitrogens with zero attached hydrogens (tertiary/aromatic N) is 2. The minimum atomic E-state index is 0.310. The Morgan fingerprint density at radius 1 is 1.11 bits per heavy atom. The van der Waals surface area contributed by atoms with Gasteiger partial charge in [0.15, 0.2) is 0 Å². The van der Waals surface area contributed by atoms with Crippen molar-refractivity contribution in [2.45, 2.75) is 51.9 Å². The molecule has 1 unspecified atom stereocenters. The van der Waals surface area contributed by atoms with Crippen molar-refractivity contribution < 1.29 is 9.53 Å². The van der Waals surface area contributed by atoms with E-state index in [-0.39, 0.29) is 0 Å². The summed E-state index contributed by atoms with van der Waals surface area (Å²) >= 11 is 0. The lowest BCUT2D eigenvalue weighted by Gasteiger charge is -2.32. The van der Waals surface area contributed by atoms with E-state index in [1.165, 1.54) is 44.5 Å². The third-order valence-corrected chi connectivity index (χ3v) is 6.35. The maximum atomic E-state index is 12.7. The van der Waals surface area contributed by atoms with Crippen molar-refractivity contribution in [3.63, 3.8) is 0 Å². The third-order valence-electron chi connectivity index (χ3n) is 6.35. The van der Waals surface area contributed by atoms with Crippen LogP contribution in [0.25, 0.3) is 0 Å². The Bertz CT molecular complexity index is 596. The van der Waals surface area contributed by atoms with Crippen LogP contribution < -0.4 is 4.74 Å². The minimum Gasteiger partial charge on any atom is -0.497 e. The number of hydrogen-bond donors (Lipinski definition) is 0. The molecule has 0 bridgehead atoms. The number of piperidine rings is 1. The van der Waals surface area contributed by atoms with E-state index in [0.29, 0.717) is 12.3 Å². The highest BCUT2D eigenvalue weighted by molar-refractivity contribution is 5.76. The molecule has 2 fully saturated rings. The third kappa shape index (κ3) is 6.24. The van der Waals surface area contributed by atoms with Gasteiger partial charge in [-0.2, -0.15) is 0 Å². The molecule has 2 saturated heterocycles. The standard InChI is InChI=1S/C23H36N2O2/c1-19-10-14-24(15-11-19)18-21-6-4-13-25(16-12-21)23(26)9-8-20-5-3-7-22(17-20)27-2/h3,5,7,17,19,21H,4,6,8-16,18H2,1-2H3. The lowest BCUT2D eigenvalue weighted by Crippen LogP contribution is -2.37. The number of hydrogen-bond acceptors (Lipinski definition) is 3. The van der Waals surface area contributed by atoms with Gasteiger partial charge in [0.25, 0.3) is 0 Å². The Kier molecular flexibility index (Phi) is 7.57. The van der Waals surface area contributed by atoms with Crippen LogP contribution in [0.1, 0.15) is 51.0 Å². The SMILES string of the molecule is COc1cccc(CCC(=O)N2CCCC(CN3CCC(C)CC3)CC2)c1. The first-order valence-corrected chi connectivity index (χ1v) is 10.8. The Hall–Kier alpha value is -1.55. The zero-order valence-corrected chi connectivity index (χ0v) is 17.2. The molecular weight excluding hydrogens is 336 g/mol. The number of ether oxygens (including phenoxy) is 1. The van der Waals surface area contributed by atoms with E-state index in [9.17, 15) is 4.79 Å². The first-order chi connectivity index (χ1) is 13.1. The topological polar surface area (TPSA) is 32.8 Å². The summed E-state index contributed by atoms with van der Waals surface area (Å²) in [5.41, 5.74) is 1.18. The second-order valence-electron chi connectivity index (χ2n) is 8.51. The zero-order valence-electron chi connectivity index (χ0n) is 17.2. The highest BCUT2D eigenvalue weighted by Gasteiger charge is 2.23. The Morgan fingerprint density at radius 3 is 2.70 bits per heavy atom. The molecule has 0 radical (unpaired) electrons. The van der Waals surface area contributed by atoms with Crippen LogP contribution in [-0.2, 0) is 11.2 Å². The lowest BCUT2D eigenvalue weighted by molar-refractivity contribution is -0.131. The van der Waals surface area contributed by atoms with Crippen LogP contribution in [0.4, 0.5) is 0 Å². The second kappa shape index (κ2) is 10.1. The predicted octanol–water partition coefficient (Wildman–Crippen LogP) is 3.99. The van der Waals surface area contributed by atoms with Crippen molar-refractivity contribution in [1.29, 1.82) is 0 Å². The van der Waals surface area contributed by atoms with Crippen molar-refractivity contribution in [3.05, 3.63) is 29.8 Å². The number of methoxy groups -OCH3 is 1. The van der Waals surface area contributed by atoms with Gasteiger partial charge in [0.2, 0.25) is 5.91 Å². The summed E-state index contributed by atoms with van der Waals surface area (Å²) in [7, 11) is 1.68. The summed E-state index contributed by atoms with van der Waals surface area (Å²) in [6, 6.07) is 8.05. The summed E-state index contributed by atoms with van der Waals surface area (Å²) in [5.74, 6) is 2.83. The highest BCUT2D eigenvalue weighted by Crippen LogP contribution is 2.23. The monoisotopic (exact) mass is 372 g/mol. The number of carbonyl (C=O) groups excluding carboxylic acids is 1. The largest absolute Gasteiger partial charge is 0.497 e. The molecule has 0 spiro atoms. The van der Waals surface area contributed by atoms with Gasteiger partial charge in [0.1, 0.15) is 5.75 Å². The van der Waals surface area contributed by atoms with Crippen molar-refractivity contribution in [2.75, 3.05) is 39.8 Å². The number of aryl methyl sites for hydroxylation is 1. The van der Waals surface area contributed by atoms with E-state index in [0.717, 1.165) is 49.9 Å². The molecule has 4 nitrogen and oxygen atoms in total. The van der Waals surface area contributed by atoms with Crippen LogP contribution in [0.2, 0.25) is 0 Å². The Labute approximate surface area is 164 Å². The van der Waals surface area contributed by atoms with Crippen LogP contribution in [0.5, 0.6) is 5.75 Å². The maximum absolute atomic E-state index is 12.7. The summed E-state index contributed by atoms with van der Waals surface area (Å²) in [6.45, 7) is 8.01. The van der Waals surface area contributed by atoms with Crippen LogP contribution in [-0.4, -0.2) is 55.5 Å². The van der Waals surface area contributed by atoms with Gasteiger partial charge in [-0.15, -0.1) is 0 Å². The fourth-order valence-corrected chi connectivity index (χ4v) is 4.44. The first-order valence-electron chi connectivity index (χ1n) is 10.8. The van der Waals surface area contributed by atoms with Crippen molar-refractivity contribution in [1.82, 2.24) is 9.80 Å². The van der Waals surface area contributed by atoms with Gasteiger partial charge in [-0.3, -0.25) is 4.79 Å². The van der Waals surface area contributed by atoms with Crippen molar-refractivity contribution >= 4 is 5.91 Å². The predicted molar refractivity (Wildman–Crippen MR) is 110 cm³/mol. The van der Waals surface area contributed by atoms with Crippen molar-refractivity contribution in [3.8, 4) is 5.75 Å². The molecule has 150 valence electrons. The normalized spacial score (nSPS) is 22.4. The highest BCUT2D eigenvalue weighted by atomic mass is 16.5. The number of rotatable bonds is 6. The molecule has 2 aliphatic rings. The minimum absolute atomic E-state index is 0.310. The molecule has 2 heterocycles. The first kappa shape index (κ1) is 20.2. The van der Waals surface area contributed by atoms with Gasteiger partial charge in [-0.1, -0.05) is 19.1 Å². The summed E-state index contributed by atoms with van der Waals surface area (Å²) in [4.78, 5) is 17.5. The molecule has 0 aliphatic carbocycles. The van der Waals surface area contributed by atoms with Crippen LogP contribution in [0, 0.1) is 11.8 Å². The zero-order chi connectivity index (χ0) is 19.1. The number of benzene rings is 1. The van der Waals surface area contributed by atoms with Gasteiger partial charge in [0.05, 0.1) is 7.11 Å². The molecular formula is C23H36N2O2. The van der Waals surface area contributed by atoms with Gasteiger partial charge < -0.3 is 14.5 Å². The van der Waals surface area contributed by atoms with E-state index in [4.69, 9.17) is 4.74 Å². The molecule has 1 aromatic carbocycles. The smallest absolute Gasteiger partial charge is 0.222 e. The fraction of sp³-hybridized carbons (Fsp3) is 0.696. The number of carbonyl (C=O) groups is 1. The summed E-state index contributed by atoms with van der Waals surface area (Å²) in [5, 5.41) is 0. The Balaban J connectivity index is 1.42. The molecule has 2 aliphatic heterocycles. The average Bonchev–Trinajstić information content (AvgIpc) is 2.94. The van der Waals surface area contributed by atoms with Gasteiger partial charge in [-0.25, -0.2) is 0 Å². The van der Waals surface area contributed by atoms with Crippen molar-refractivity contribution in [2.24, 2.45) is 11.8 Å².